The summed E-state index contributed by atoms with van der Waals surface area (Å²) in [5.74, 6) is 0. The summed E-state index contributed by atoms with van der Waals surface area (Å²) in [5, 5.41) is 8.44. The topological polar surface area (TPSA) is 72.4 Å². The van der Waals surface area contributed by atoms with Gasteiger partial charge in [-0.25, -0.2) is 0 Å². The summed E-state index contributed by atoms with van der Waals surface area (Å²) in [4.78, 5) is 0.754. The van der Waals surface area contributed by atoms with Gasteiger partial charge in [0.05, 0.1) is 11.6 Å². The van der Waals surface area contributed by atoms with Crippen molar-refractivity contribution < 1.29 is 9.69 Å². The summed E-state index contributed by atoms with van der Waals surface area (Å²) in [7, 11) is -0.949. The lowest BCUT2D eigenvalue weighted by Crippen LogP contribution is -1.86. The highest BCUT2D eigenvalue weighted by molar-refractivity contribution is 7.84. The summed E-state index contributed by atoms with van der Waals surface area (Å²) in [6, 6.07) is 8.73. The van der Waals surface area contributed by atoms with Crippen LogP contribution in [0.5, 0.6) is 0 Å². The van der Waals surface area contributed by atoms with Gasteiger partial charge in [-0.1, -0.05) is 0 Å². The lowest BCUT2D eigenvalue weighted by atomic mass is 10.2. The fraction of sp³-hybridized carbons (Fsp3) is 0.125. The number of nitriles is 1. The molecule has 1 rings (SSSR count). The van der Waals surface area contributed by atoms with Crippen molar-refractivity contribution in [3.05, 3.63) is 29.8 Å². The van der Waals surface area contributed by atoms with Crippen LogP contribution in [0.15, 0.2) is 29.2 Å². The summed E-state index contributed by atoms with van der Waals surface area (Å²) >= 11 is 0. The van der Waals surface area contributed by atoms with Crippen LogP contribution in [0, 0.1) is 11.3 Å². The standard InChI is InChI=1S/C8H7NOS.H2O/c1-11(10)8-4-2-7(6-9)3-5-8;/h2-5H,1H3;1H2. The predicted molar refractivity (Wildman–Crippen MR) is 47.1 cm³/mol. The molecule has 0 amide bonds. The van der Waals surface area contributed by atoms with Gasteiger partial charge >= 0.3 is 0 Å². The van der Waals surface area contributed by atoms with Crippen molar-refractivity contribution in [3.8, 4) is 6.07 Å². The molecular weight excluding hydrogens is 174 g/mol. The molecule has 0 aromatic heterocycles. The summed E-state index contributed by atoms with van der Waals surface area (Å²) in [5.41, 5.74) is 0.596. The third-order valence-corrected chi connectivity index (χ3v) is 2.25. The van der Waals surface area contributed by atoms with Gasteiger partial charge < -0.3 is 5.48 Å². The third-order valence-electron chi connectivity index (χ3n) is 1.32. The molecule has 0 aliphatic heterocycles. The van der Waals surface area contributed by atoms with Gasteiger partial charge in [0.2, 0.25) is 0 Å². The molecule has 0 aliphatic rings. The first kappa shape index (κ1) is 10.8. The highest BCUT2D eigenvalue weighted by Gasteiger charge is 1.95. The zero-order valence-corrected chi connectivity index (χ0v) is 7.39. The van der Waals surface area contributed by atoms with E-state index in [1.165, 1.54) is 0 Å². The number of benzene rings is 1. The molecule has 0 saturated heterocycles. The Kier molecular flexibility index (Phi) is 4.19. The lowest BCUT2D eigenvalue weighted by molar-refractivity contribution is 0.687. The smallest absolute Gasteiger partial charge is 0.0991 e. The van der Waals surface area contributed by atoms with Gasteiger partial charge in [-0.15, -0.1) is 0 Å². The number of rotatable bonds is 1. The first-order chi connectivity index (χ1) is 5.24. The van der Waals surface area contributed by atoms with E-state index in [1.807, 2.05) is 6.07 Å². The molecule has 0 spiro atoms. The van der Waals surface area contributed by atoms with Crippen molar-refractivity contribution in [2.75, 3.05) is 6.26 Å². The van der Waals surface area contributed by atoms with E-state index in [0.717, 1.165) is 4.90 Å². The maximum Gasteiger partial charge on any atom is 0.0991 e. The highest BCUT2D eigenvalue weighted by atomic mass is 32.2. The zero-order chi connectivity index (χ0) is 8.27. The van der Waals surface area contributed by atoms with Crippen LogP contribution in [-0.2, 0) is 10.8 Å². The van der Waals surface area contributed by atoms with E-state index in [-0.39, 0.29) is 5.48 Å². The van der Waals surface area contributed by atoms with Gasteiger partial charge in [0.15, 0.2) is 0 Å². The summed E-state index contributed by atoms with van der Waals surface area (Å²) < 4.78 is 10.9. The van der Waals surface area contributed by atoms with Gasteiger partial charge in [-0.3, -0.25) is 4.21 Å². The van der Waals surface area contributed by atoms with E-state index in [2.05, 4.69) is 0 Å². The molecule has 12 heavy (non-hydrogen) atoms. The van der Waals surface area contributed by atoms with Gasteiger partial charge in [0, 0.05) is 22.0 Å². The third kappa shape index (κ3) is 2.46. The summed E-state index contributed by atoms with van der Waals surface area (Å²) in [6.45, 7) is 0. The van der Waals surface area contributed by atoms with E-state index in [1.54, 1.807) is 30.5 Å². The molecule has 0 saturated carbocycles. The second-order valence-electron chi connectivity index (χ2n) is 2.09. The molecule has 0 radical (unpaired) electrons. The minimum Gasteiger partial charge on any atom is -0.412 e. The van der Waals surface area contributed by atoms with Gasteiger partial charge in [-0.2, -0.15) is 5.26 Å². The Labute approximate surface area is 73.4 Å². The van der Waals surface area contributed by atoms with Crippen LogP contribution in [0.1, 0.15) is 5.56 Å². The normalized spacial score (nSPS) is 11.0. The van der Waals surface area contributed by atoms with Gasteiger partial charge in [-0.05, 0) is 24.3 Å². The van der Waals surface area contributed by atoms with Crippen molar-refractivity contribution in [2.45, 2.75) is 4.90 Å². The Morgan fingerprint density at radius 1 is 1.33 bits per heavy atom. The minimum absolute atomic E-state index is 0. The second kappa shape index (κ2) is 4.65. The SMILES string of the molecule is CS(=O)c1ccc(C#N)cc1.O. The Bertz CT molecular complexity index is 313. The molecule has 0 bridgehead atoms. The minimum atomic E-state index is -0.949. The van der Waals surface area contributed by atoms with Crippen molar-refractivity contribution in [2.24, 2.45) is 0 Å². The Morgan fingerprint density at radius 3 is 2.17 bits per heavy atom. The molecule has 1 unspecified atom stereocenters. The Hall–Kier alpha value is -1.18. The predicted octanol–water partition coefficient (Wildman–Crippen LogP) is 0.471. The maximum atomic E-state index is 10.9. The molecule has 3 nitrogen and oxygen atoms in total. The van der Waals surface area contributed by atoms with Crippen LogP contribution in [0.25, 0.3) is 0 Å². The average molecular weight is 183 g/mol. The molecular formula is C8H9NO2S. The summed E-state index contributed by atoms with van der Waals surface area (Å²) in [6.07, 6.45) is 1.61. The van der Waals surface area contributed by atoms with E-state index in [4.69, 9.17) is 5.26 Å². The van der Waals surface area contributed by atoms with Crippen LogP contribution in [0.4, 0.5) is 0 Å². The largest absolute Gasteiger partial charge is 0.412 e. The van der Waals surface area contributed by atoms with E-state index in [0.29, 0.717) is 5.56 Å². The Balaban J connectivity index is 0.00000121. The van der Waals surface area contributed by atoms with Crippen LogP contribution in [0.3, 0.4) is 0 Å². The molecule has 0 aliphatic carbocycles. The van der Waals surface area contributed by atoms with E-state index in [9.17, 15) is 4.21 Å². The molecule has 0 heterocycles. The maximum absolute atomic E-state index is 10.9. The van der Waals surface area contributed by atoms with Gasteiger partial charge in [0.1, 0.15) is 0 Å². The van der Waals surface area contributed by atoms with Crippen molar-refractivity contribution in [3.63, 3.8) is 0 Å². The second-order valence-corrected chi connectivity index (χ2v) is 3.47. The lowest BCUT2D eigenvalue weighted by Gasteiger charge is -1.93. The number of hydrogen-bond donors (Lipinski definition) is 0. The van der Waals surface area contributed by atoms with Crippen LogP contribution in [0.2, 0.25) is 0 Å². The van der Waals surface area contributed by atoms with Crippen molar-refractivity contribution >= 4 is 10.8 Å². The van der Waals surface area contributed by atoms with Gasteiger partial charge in [0.25, 0.3) is 0 Å². The fourth-order valence-corrected chi connectivity index (χ4v) is 1.24. The molecule has 1 aromatic carbocycles. The molecule has 2 N–H and O–H groups in total. The van der Waals surface area contributed by atoms with Crippen LogP contribution in [-0.4, -0.2) is 15.9 Å². The first-order valence-electron chi connectivity index (χ1n) is 3.07. The van der Waals surface area contributed by atoms with Crippen molar-refractivity contribution in [1.82, 2.24) is 0 Å². The fourth-order valence-electron chi connectivity index (χ4n) is 0.721. The molecule has 64 valence electrons. The molecule has 1 aromatic rings. The zero-order valence-electron chi connectivity index (χ0n) is 6.57. The first-order valence-corrected chi connectivity index (χ1v) is 4.63. The number of hydrogen-bond acceptors (Lipinski definition) is 2. The van der Waals surface area contributed by atoms with E-state index >= 15 is 0 Å². The highest BCUT2D eigenvalue weighted by Crippen LogP contribution is 2.05. The van der Waals surface area contributed by atoms with E-state index < -0.39 is 10.8 Å². The van der Waals surface area contributed by atoms with Crippen molar-refractivity contribution in [1.29, 1.82) is 5.26 Å². The van der Waals surface area contributed by atoms with Crippen LogP contribution >= 0.6 is 0 Å². The van der Waals surface area contributed by atoms with Crippen LogP contribution < -0.4 is 0 Å². The average Bonchev–Trinajstić information content (AvgIpc) is 2.05. The Morgan fingerprint density at radius 2 is 1.83 bits per heavy atom. The quantitative estimate of drug-likeness (QED) is 0.634. The monoisotopic (exact) mass is 183 g/mol. The molecule has 4 heteroatoms. The molecule has 1 atom stereocenters. The number of nitrogens with zero attached hydrogens (tertiary/aromatic N) is 1. The molecule has 0 fully saturated rings.